The first-order chi connectivity index (χ1) is 11.2. The number of carbonyl (C=O) groups excluding carboxylic acids is 2. The van der Waals surface area contributed by atoms with Gasteiger partial charge in [0.05, 0.1) is 0 Å². The van der Waals surface area contributed by atoms with Crippen LogP contribution in [0.1, 0.15) is 27.2 Å². The number of aliphatic carboxylic acids is 1. The topological polar surface area (TPSA) is 114 Å². The molecule has 0 radical (unpaired) electrons. The normalized spacial score (nSPS) is 16.5. The molecule has 2 amide bonds. The van der Waals surface area contributed by atoms with Crippen molar-refractivity contribution < 1.29 is 19.5 Å². The highest BCUT2D eigenvalue weighted by Gasteiger charge is 2.24. The maximum Gasteiger partial charge on any atom is 0.326 e. The van der Waals surface area contributed by atoms with Crippen LogP contribution in [0.3, 0.4) is 0 Å². The molecular weight excluding hydrogens is 312 g/mol. The van der Waals surface area contributed by atoms with Crippen molar-refractivity contribution in [1.29, 1.82) is 5.26 Å². The van der Waals surface area contributed by atoms with Gasteiger partial charge in [-0.05, 0) is 12.3 Å². The molecule has 0 bridgehead atoms. The summed E-state index contributed by atoms with van der Waals surface area (Å²) in [5.74, 6) is -1.72. The van der Waals surface area contributed by atoms with Gasteiger partial charge in [0.1, 0.15) is 17.7 Å². The summed E-state index contributed by atoms with van der Waals surface area (Å²) in [6.45, 7) is 7.31. The maximum absolute atomic E-state index is 12.2. The van der Waals surface area contributed by atoms with Crippen LogP contribution in [0.15, 0.2) is 11.8 Å². The number of hydrogen-bond acceptors (Lipinski definition) is 5. The standard InChI is InChI=1S/C16H24N4O4/c1-11(2)8-14(16(23)24)18-15(22)13(9-17)10-19-4-6-20(7-5-19)12(3)21/h10-11,14H,4-8H2,1-3H3,(H,18,22)(H,23,24)/b13-10-. The molecule has 1 unspecified atom stereocenters. The van der Waals surface area contributed by atoms with Crippen LogP contribution in [-0.4, -0.2) is 64.9 Å². The molecule has 8 heteroatoms. The molecule has 0 spiro atoms. The molecule has 0 aromatic rings. The summed E-state index contributed by atoms with van der Waals surface area (Å²) in [5.41, 5.74) is -0.138. The second-order valence-electron chi connectivity index (χ2n) is 6.19. The summed E-state index contributed by atoms with van der Waals surface area (Å²) >= 11 is 0. The molecule has 8 nitrogen and oxygen atoms in total. The minimum Gasteiger partial charge on any atom is -0.480 e. The Labute approximate surface area is 141 Å². The summed E-state index contributed by atoms with van der Waals surface area (Å²) in [5, 5.41) is 20.7. The zero-order chi connectivity index (χ0) is 18.3. The SMILES string of the molecule is CC(=O)N1CCN(/C=C(/C#N)C(=O)NC(CC(C)C)C(=O)O)CC1. The van der Waals surface area contributed by atoms with E-state index in [1.807, 2.05) is 19.9 Å². The van der Waals surface area contributed by atoms with Gasteiger partial charge in [-0.1, -0.05) is 13.8 Å². The van der Waals surface area contributed by atoms with Gasteiger partial charge < -0.3 is 20.2 Å². The first-order valence-electron chi connectivity index (χ1n) is 7.89. The fraction of sp³-hybridized carbons (Fsp3) is 0.625. The third-order valence-corrected chi connectivity index (χ3v) is 3.75. The molecule has 132 valence electrons. The third-order valence-electron chi connectivity index (χ3n) is 3.75. The first-order valence-corrected chi connectivity index (χ1v) is 7.89. The van der Waals surface area contributed by atoms with Crippen molar-refractivity contribution in [2.75, 3.05) is 26.2 Å². The molecule has 2 N–H and O–H groups in total. The molecule has 1 fully saturated rings. The molecule has 0 saturated carbocycles. The van der Waals surface area contributed by atoms with Gasteiger partial charge in [-0.25, -0.2) is 4.79 Å². The van der Waals surface area contributed by atoms with Gasteiger partial charge in [-0.15, -0.1) is 0 Å². The first kappa shape index (κ1) is 19.5. The van der Waals surface area contributed by atoms with Crippen LogP contribution in [0.5, 0.6) is 0 Å². The predicted octanol–water partition coefficient (Wildman–Crippen LogP) is 0.173. The summed E-state index contributed by atoms with van der Waals surface area (Å²) in [7, 11) is 0. The lowest BCUT2D eigenvalue weighted by Crippen LogP contribution is -2.46. The van der Waals surface area contributed by atoms with Crippen molar-refractivity contribution in [2.45, 2.75) is 33.2 Å². The fourth-order valence-electron chi connectivity index (χ4n) is 2.42. The number of carboxylic acid groups (broad SMARTS) is 1. The average Bonchev–Trinajstić information content (AvgIpc) is 2.51. The Kier molecular flexibility index (Phi) is 7.24. The Bertz CT molecular complexity index is 557. The Balaban J connectivity index is 2.71. The number of hydrogen-bond donors (Lipinski definition) is 2. The van der Waals surface area contributed by atoms with Gasteiger partial charge >= 0.3 is 5.97 Å². The molecule has 1 heterocycles. The molecule has 0 aromatic heterocycles. The second kappa shape index (κ2) is 8.91. The summed E-state index contributed by atoms with van der Waals surface area (Å²) in [6.07, 6.45) is 1.72. The van der Waals surface area contributed by atoms with E-state index in [-0.39, 0.29) is 23.8 Å². The number of amides is 2. The van der Waals surface area contributed by atoms with Crippen molar-refractivity contribution >= 4 is 17.8 Å². The number of nitrogens with zero attached hydrogens (tertiary/aromatic N) is 3. The molecule has 1 aliphatic rings. The van der Waals surface area contributed by atoms with Crippen molar-refractivity contribution in [3.8, 4) is 6.07 Å². The Morgan fingerprint density at radius 2 is 1.83 bits per heavy atom. The van der Waals surface area contributed by atoms with E-state index in [0.717, 1.165) is 0 Å². The van der Waals surface area contributed by atoms with Crippen LogP contribution in [0.2, 0.25) is 0 Å². The van der Waals surface area contributed by atoms with E-state index in [2.05, 4.69) is 5.32 Å². The Morgan fingerprint density at radius 1 is 1.25 bits per heavy atom. The average molecular weight is 336 g/mol. The smallest absolute Gasteiger partial charge is 0.326 e. The van der Waals surface area contributed by atoms with Crippen LogP contribution in [0, 0.1) is 17.2 Å². The molecule has 1 saturated heterocycles. The minimum atomic E-state index is -1.12. The van der Waals surface area contributed by atoms with Crippen LogP contribution in [0.4, 0.5) is 0 Å². The van der Waals surface area contributed by atoms with Crippen LogP contribution < -0.4 is 5.32 Å². The maximum atomic E-state index is 12.2. The van der Waals surface area contributed by atoms with E-state index >= 15 is 0 Å². The van der Waals surface area contributed by atoms with Crippen molar-refractivity contribution in [1.82, 2.24) is 15.1 Å². The Morgan fingerprint density at radius 3 is 2.25 bits per heavy atom. The lowest BCUT2D eigenvalue weighted by atomic mass is 10.0. The Hall–Kier alpha value is -2.56. The van der Waals surface area contributed by atoms with Gasteiger partial charge in [0, 0.05) is 39.3 Å². The molecule has 1 atom stereocenters. The predicted molar refractivity (Wildman–Crippen MR) is 86.5 cm³/mol. The number of carbonyl (C=O) groups is 3. The zero-order valence-corrected chi connectivity index (χ0v) is 14.3. The van der Waals surface area contributed by atoms with Gasteiger partial charge in [0.25, 0.3) is 5.91 Å². The van der Waals surface area contributed by atoms with E-state index in [1.54, 1.807) is 9.80 Å². The van der Waals surface area contributed by atoms with E-state index in [1.165, 1.54) is 13.1 Å². The number of piperazine rings is 1. The van der Waals surface area contributed by atoms with E-state index in [9.17, 15) is 19.6 Å². The summed E-state index contributed by atoms with van der Waals surface area (Å²) < 4.78 is 0. The zero-order valence-electron chi connectivity index (χ0n) is 14.3. The van der Waals surface area contributed by atoms with Crippen molar-refractivity contribution in [3.05, 3.63) is 11.8 Å². The highest BCUT2D eigenvalue weighted by atomic mass is 16.4. The van der Waals surface area contributed by atoms with Crippen molar-refractivity contribution in [2.24, 2.45) is 5.92 Å². The number of carboxylic acids is 1. The van der Waals surface area contributed by atoms with Gasteiger partial charge in [0.2, 0.25) is 5.91 Å². The largest absolute Gasteiger partial charge is 0.480 e. The minimum absolute atomic E-state index is 0.00475. The lowest BCUT2D eigenvalue weighted by molar-refractivity contribution is -0.141. The highest BCUT2D eigenvalue weighted by Crippen LogP contribution is 2.08. The third kappa shape index (κ3) is 5.91. The number of rotatable bonds is 6. The monoisotopic (exact) mass is 336 g/mol. The van der Waals surface area contributed by atoms with Crippen LogP contribution in [-0.2, 0) is 14.4 Å². The molecule has 0 aromatic carbocycles. The van der Waals surface area contributed by atoms with Gasteiger partial charge in [-0.2, -0.15) is 5.26 Å². The molecule has 1 aliphatic heterocycles. The van der Waals surface area contributed by atoms with E-state index in [4.69, 9.17) is 5.11 Å². The van der Waals surface area contributed by atoms with E-state index in [0.29, 0.717) is 26.2 Å². The van der Waals surface area contributed by atoms with Crippen LogP contribution >= 0.6 is 0 Å². The molecule has 24 heavy (non-hydrogen) atoms. The molecule has 1 rings (SSSR count). The van der Waals surface area contributed by atoms with Gasteiger partial charge in [0.15, 0.2) is 0 Å². The van der Waals surface area contributed by atoms with E-state index < -0.39 is 17.9 Å². The highest BCUT2D eigenvalue weighted by molar-refractivity contribution is 5.99. The summed E-state index contributed by atoms with van der Waals surface area (Å²) in [6, 6.07) is 0.790. The summed E-state index contributed by atoms with van der Waals surface area (Å²) in [4.78, 5) is 38.1. The fourth-order valence-corrected chi connectivity index (χ4v) is 2.42. The number of nitrogens with one attached hydrogen (secondary N) is 1. The van der Waals surface area contributed by atoms with Crippen molar-refractivity contribution in [3.63, 3.8) is 0 Å². The second-order valence-corrected chi connectivity index (χ2v) is 6.19. The van der Waals surface area contributed by atoms with Gasteiger partial charge in [-0.3, -0.25) is 9.59 Å². The van der Waals surface area contributed by atoms with Crippen LogP contribution in [0.25, 0.3) is 0 Å². The quantitative estimate of drug-likeness (QED) is 0.528. The lowest BCUT2D eigenvalue weighted by Gasteiger charge is -2.33. The molecular formula is C16H24N4O4. The molecule has 0 aliphatic carbocycles. The number of nitriles is 1.